The van der Waals surface area contributed by atoms with Crippen LogP contribution in [0.1, 0.15) is 34.3 Å². The van der Waals surface area contributed by atoms with Crippen LogP contribution in [0.5, 0.6) is 0 Å². The molecule has 142 valence electrons. The van der Waals surface area contributed by atoms with E-state index < -0.39 is 5.60 Å². The minimum Gasteiger partial charge on any atom is -0.450 e. The van der Waals surface area contributed by atoms with Crippen LogP contribution in [-0.4, -0.2) is 19.1 Å². The highest BCUT2D eigenvalue weighted by atomic mass is 16.6. The number of carbonyl (C=O) groups is 1. The molecule has 0 saturated carbocycles. The van der Waals surface area contributed by atoms with E-state index in [2.05, 4.69) is 48.6 Å². The van der Waals surface area contributed by atoms with Gasteiger partial charge in [0.2, 0.25) is 0 Å². The third-order valence-corrected chi connectivity index (χ3v) is 5.51. The summed E-state index contributed by atoms with van der Waals surface area (Å²) < 4.78 is 6.26. The Balaban J connectivity index is 1.69. The molecule has 1 aliphatic rings. The third kappa shape index (κ3) is 3.71. The van der Waals surface area contributed by atoms with Crippen LogP contribution in [0, 0.1) is 6.92 Å². The van der Waals surface area contributed by atoms with Crippen LogP contribution in [0.4, 0.5) is 0 Å². The van der Waals surface area contributed by atoms with Crippen molar-refractivity contribution < 1.29 is 9.53 Å². The number of hydrogen-bond donors (Lipinski definition) is 1. The zero-order valence-corrected chi connectivity index (χ0v) is 16.2. The van der Waals surface area contributed by atoms with E-state index >= 15 is 0 Å². The molecule has 4 rings (SSSR count). The molecule has 3 aromatic rings. The number of ether oxygens (including phenoxy) is 1. The molecule has 3 nitrogen and oxygen atoms in total. The van der Waals surface area contributed by atoms with E-state index in [1.165, 1.54) is 5.56 Å². The fraction of sp³-hybridized carbons (Fsp3) is 0.240. The van der Waals surface area contributed by atoms with Crippen molar-refractivity contribution in [3.8, 4) is 11.1 Å². The van der Waals surface area contributed by atoms with Gasteiger partial charge in [-0.2, -0.15) is 0 Å². The lowest BCUT2D eigenvalue weighted by molar-refractivity contribution is -0.0377. The molecule has 0 unspecified atom stereocenters. The largest absolute Gasteiger partial charge is 0.450 e. The Morgan fingerprint density at radius 2 is 1.50 bits per heavy atom. The second-order valence-electron chi connectivity index (χ2n) is 7.41. The number of benzene rings is 3. The van der Waals surface area contributed by atoms with Gasteiger partial charge < -0.3 is 10.1 Å². The molecular formula is C25H25NO2. The number of rotatable bonds is 4. The summed E-state index contributed by atoms with van der Waals surface area (Å²) in [5.74, 6) is -0.262. The number of esters is 1. The smallest absolute Gasteiger partial charge is 0.339 e. The van der Waals surface area contributed by atoms with Crippen molar-refractivity contribution in [3.05, 3.63) is 95.6 Å². The zero-order chi connectivity index (χ0) is 19.4. The van der Waals surface area contributed by atoms with Gasteiger partial charge in [-0.3, -0.25) is 0 Å². The number of aryl methyl sites for hydroxylation is 1. The quantitative estimate of drug-likeness (QED) is 0.649. The van der Waals surface area contributed by atoms with Gasteiger partial charge in [-0.1, -0.05) is 78.4 Å². The summed E-state index contributed by atoms with van der Waals surface area (Å²) >= 11 is 0. The van der Waals surface area contributed by atoms with Crippen molar-refractivity contribution >= 4 is 5.97 Å². The van der Waals surface area contributed by atoms with Crippen LogP contribution >= 0.6 is 0 Å². The predicted octanol–water partition coefficient (Wildman–Crippen LogP) is 5.10. The SMILES string of the molecule is Cc1ccc(-c2ccccc2C(=O)OC2(c3ccccc3)CCNCC2)cc1. The Kier molecular flexibility index (Phi) is 5.27. The molecule has 0 amide bonds. The van der Waals surface area contributed by atoms with Crippen molar-refractivity contribution in [1.29, 1.82) is 0 Å². The molecule has 3 aromatic carbocycles. The highest BCUT2D eigenvalue weighted by molar-refractivity contribution is 5.97. The normalized spacial score (nSPS) is 15.8. The fourth-order valence-corrected chi connectivity index (χ4v) is 3.90. The molecular weight excluding hydrogens is 346 g/mol. The Morgan fingerprint density at radius 1 is 0.857 bits per heavy atom. The molecule has 0 bridgehead atoms. The third-order valence-electron chi connectivity index (χ3n) is 5.51. The van der Waals surface area contributed by atoms with Gasteiger partial charge in [0.15, 0.2) is 0 Å². The van der Waals surface area contributed by atoms with Crippen LogP contribution < -0.4 is 5.32 Å². The first-order valence-corrected chi connectivity index (χ1v) is 9.84. The average Bonchev–Trinajstić information content (AvgIpc) is 2.75. The van der Waals surface area contributed by atoms with Gasteiger partial charge in [-0.15, -0.1) is 0 Å². The Bertz CT molecular complexity index is 942. The molecule has 0 aliphatic carbocycles. The van der Waals surface area contributed by atoms with Gasteiger partial charge in [0.05, 0.1) is 5.56 Å². The van der Waals surface area contributed by atoms with Crippen molar-refractivity contribution in [1.82, 2.24) is 5.32 Å². The van der Waals surface area contributed by atoms with E-state index in [9.17, 15) is 4.79 Å². The minimum atomic E-state index is -0.579. The monoisotopic (exact) mass is 371 g/mol. The van der Waals surface area contributed by atoms with Crippen LogP contribution in [0.2, 0.25) is 0 Å². The van der Waals surface area contributed by atoms with Crippen LogP contribution in [0.25, 0.3) is 11.1 Å². The van der Waals surface area contributed by atoms with Gasteiger partial charge in [-0.25, -0.2) is 4.79 Å². The van der Waals surface area contributed by atoms with Gasteiger partial charge in [0.25, 0.3) is 0 Å². The van der Waals surface area contributed by atoms with Crippen molar-refractivity contribution in [3.63, 3.8) is 0 Å². The summed E-state index contributed by atoms with van der Waals surface area (Å²) in [5.41, 5.74) is 4.23. The average molecular weight is 371 g/mol. The second-order valence-corrected chi connectivity index (χ2v) is 7.41. The summed E-state index contributed by atoms with van der Waals surface area (Å²) in [5, 5.41) is 3.37. The summed E-state index contributed by atoms with van der Waals surface area (Å²) in [4.78, 5) is 13.3. The van der Waals surface area contributed by atoms with E-state index in [1.54, 1.807) is 0 Å². The molecule has 28 heavy (non-hydrogen) atoms. The molecule has 1 N–H and O–H groups in total. The van der Waals surface area contributed by atoms with E-state index in [0.717, 1.165) is 42.6 Å². The molecule has 1 fully saturated rings. The second kappa shape index (κ2) is 7.99. The topological polar surface area (TPSA) is 38.3 Å². The molecule has 3 heteroatoms. The molecule has 0 aromatic heterocycles. The Labute approximate surface area is 166 Å². The first kappa shape index (κ1) is 18.5. The lowest BCUT2D eigenvalue weighted by Gasteiger charge is -2.37. The minimum absolute atomic E-state index is 0.262. The van der Waals surface area contributed by atoms with Crippen LogP contribution in [-0.2, 0) is 10.3 Å². The predicted molar refractivity (Wildman–Crippen MR) is 112 cm³/mol. The highest BCUT2D eigenvalue weighted by Gasteiger charge is 2.38. The van der Waals surface area contributed by atoms with Gasteiger partial charge in [0, 0.05) is 12.8 Å². The highest BCUT2D eigenvalue weighted by Crippen LogP contribution is 2.36. The lowest BCUT2D eigenvalue weighted by atomic mass is 9.84. The fourth-order valence-electron chi connectivity index (χ4n) is 3.90. The van der Waals surface area contributed by atoms with Crippen molar-refractivity contribution in [2.45, 2.75) is 25.4 Å². The first-order valence-electron chi connectivity index (χ1n) is 9.84. The number of carbonyl (C=O) groups excluding carboxylic acids is 1. The standard InChI is InChI=1S/C25H25NO2/c1-19-11-13-20(14-12-19)22-9-5-6-10-23(22)24(27)28-25(15-17-26-18-16-25)21-7-3-2-4-8-21/h2-14,26H,15-18H2,1H3. The number of hydrogen-bond acceptors (Lipinski definition) is 3. The van der Waals surface area contributed by atoms with Crippen molar-refractivity contribution in [2.75, 3.05) is 13.1 Å². The Hall–Kier alpha value is -2.91. The molecule has 1 aliphatic heterocycles. The zero-order valence-electron chi connectivity index (χ0n) is 16.2. The van der Waals surface area contributed by atoms with Crippen molar-refractivity contribution in [2.24, 2.45) is 0 Å². The number of nitrogens with one attached hydrogen (secondary N) is 1. The molecule has 0 atom stereocenters. The molecule has 0 radical (unpaired) electrons. The van der Waals surface area contributed by atoms with Crippen LogP contribution in [0.15, 0.2) is 78.9 Å². The summed E-state index contributed by atoms with van der Waals surface area (Å²) in [6.07, 6.45) is 1.55. The summed E-state index contributed by atoms with van der Waals surface area (Å²) in [6, 6.07) is 26.1. The first-order chi connectivity index (χ1) is 13.7. The number of piperidine rings is 1. The lowest BCUT2D eigenvalue weighted by Crippen LogP contribution is -2.43. The maximum Gasteiger partial charge on any atom is 0.339 e. The summed E-state index contributed by atoms with van der Waals surface area (Å²) in [7, 11) is 0. The maximum atomic E-state index is 13.3. The molecule has 1 heterocycles. The van der Waals surface area contributed by atoms with Gasteiger partial charge in [-0.05, 0) is 42.8 Å². The molecule has 1 saturated heterocycles. The van der Waals surface area contributed by atoms with E-state index in [1.807, 2.05) is 42.5 Å². The maximum absolute atomic E-state index is 13.3. The van der Waals surface area contributed by atoms with E-state index in [-0.39, 0.29) is 5.97 Å². The molecule has 0 spiro atoms. The van der Waals surface area contributed by atoms with Crippen LogP contribution in [0.3, 0.4) is 0 Å². The van der Waals surface area contributed by atoms with E-state index in [4.69, 9.17) is 4.74 Å². The summed E-state index contributed by atoms with van der Waals surface area (Å²) in [6.45, 7) is 3.73. The Morgan fingerprint density at radius 3 is 2.21 bits per heavy atom. The van der Waals surface area contributed by atoms with Gasteiger partial charge in [0.1, 0.15) is 5.60 Å². The van der Waals surface area contributed by atoms with Gasteiger partial charge >= 0.3 is 5.97 Å². The van der Waals surface area contributed by atoms with E-state index in [0.29, 0.717) is 5.56 Å².